The van der Waals surface area contributed by atoms with Gasteiger partial charge in [-0.1, -0.05) is 121 Å². The molecule has 0 N–H and O–H groups in total. The number of carbonyl (C=O) groups excluding carboxylic acids is 1. The summed E-state index contributed by atoms with van der Waals surface area (Å²) in [7, 11) is 0. The van der Waals surface area contributed by atoms with Gasteiger partial charge in [0, 0.05) is 68.7 Å². The summed E-state index contributed by atoms with van der Waals surface area (Å²) in [6, 6.07) is 47.6. The number of nitrogens with zero attached hydrogens (tertiary/aromatic N) is 3. The molecule has 0 radical (unpaired) electrons. The van der Waals surface area contributed by atoms with E-state index >= 15 is 0 Å². The van der Waals surface area contributed by atoms with E-state index in [-0.39, 0.29) is 11.8 Å². The molecule has 7 rings (SSSR count). The van der Waals surface area contributed by atoms with Gasteiger partial charge in [-0.05, 0) is 52.6 Å². The Balaban J connectivity index is 1.14. The molecule has 2 heterocycles. The summed E-state index contributed by atoms with van der Waals surface area (Å²) in [5, 5.41) is 1.18. The van der Waals surface area contributed by atoms with Crippen LogP contribution in [0.1, 0.15) is 34.6 Å². The highest BCUT2D eigenvalue weighted by molar-refractivity contribution is 5.87. The van der Waals surface area contributed by atoms with E-state index in [1.165, 1.54) is 22.0 Å². The van der Waals surface area contributed by atoms with Gasteiger partial charge in [0.15, 0.2) is 0 Å². The molecular weight excluding hydrogens is 590 g/mol. The fourth-order valence-electron chi connectivity index (χ4n) is 6.68. The fourth-order valence-corrected chi connectivity index (χ4v) is 6.68. The Morgan fingerprint density at radius 2 is 1.38 bits per heavy atom. The molecule has 5 heteroatoms. The van der Waals surface area contributed by atoms with Crippen LogP contribution in [0.5, 0.6) is 11.5 Å². The first-order valence-corrected chi connectivity index (χ1v) is 16.9. The fraction of sp³-hybridized carbons (Fsp3) is 0.186. The van der Waals surface area contributed by atoms with Crippen LogP contribution in [0.4, 0.5) is 0 Å². The lowest BCUT2D eigenvalue weighted by Gasteiger charge is -2.35. The molecule has 0 bridgehead atoms. The maximum atomic E-state index is 14.1. The third kappa shape index (κ3) is 7.59. The van der Waals surface area contributed by atoms with Crippen LogP contribution in [0.15, 0.2) is 152 Å². The van der Waals surface area contributed by atoms with Crippen LogP contribution in [0.25, 0.3) is 17.0 Å². The van der Waals surface area contributed by atoms with Crippen LogP contribution < -0.4 is 4.74 Å². The zero-order valence-corrected chi connectivity index (χ0v) is 27.2. The minimum absolute atomic E-state index is 0.134. The molecular formula is C43H41N3O2. The predicted octanol–water partition coefficient (Wildman–Crippen LogP) is 8.86. The van der Waals surface area contributed by atoms with Gasteiger partial charge in [-0.2, -0.15) is 0 Å². The highest BCUT2D eigenvalue weighted by Gasteiger charge is 2.27. The van der Waals surface area contributed by atoms with E-state index in [1.54, 1.807) is 0 Å². The first-order valence-electron chi connectivity index (χ1n) is 16.9. The molecule has 0 aliphatic carbocycles. The lowest BCUT2D eigenvalue weighted by Crippen LogP contribution is -2.48. The van der Waals surface area contributed by atoms with Crippen molar-refractivity contribution in [2.75, 3.05) is 32.7 Å². The van der Waals surface area contributed by atoms with Crippen molar-refractivity contribution >= 4 is 22.9 Å². The second kappa shape index (κ2) is 15.0. The largest absolute Gasteiger partial charge is 0.457 e. The van der Waals surface area contributed by atoms with Crippen molar-refractivity contribution in [1.82, 2.24) is 14.4 Å². The highest BCUT2D eigenvalue weighted by Crippen LogP contribution is 2.37. The number of amides is 1. The quantitative estimate of drug-likeness (QED) is 0.143. The average molecular weight is 632 g/mol. The van der Waals surface area contributed by atoms with Crippen LogP contribution in [0.3, 0.4) is 0 Å². The van der Waals surface area contributed by atoms with Crippen molar-refractivity contribution in [2.45, 2.75) is 18.9 Å². The molecule has 1 aromatic heterocycles. The first kappa shape index (κ1) is 31.2. The summed E-state index contributed by atoms with van der Waals surface area (Å²) in [6.45, 7) is 4.85. The first-order chi connectivity index (χ1) is 23.7. The maximum absolute atomic E-state index is 14.1. The maximum Gasteiger partial charge on any atom is 0.223 e. The Labute approximate surface area is 283 Å². The molecule has 0 saturated carbocycles. The molecule has 1 amide bonds. The predicted molar refractivity (Wildman–Crippen MR) is 195 cm³/mol. The number of para-hydroxylation sites is 2. The van der Waals surface area contributed by atoms with Crippen LogP contribution in [0.2, 0.25) is 0 Å². The molecule has 0 unspecified atom stereocenters. The van der Waals surface area contributed by atoms with E-state index in [0.29, 0.717) is 6.42 Å². The Bertz CT molecular complexity index is 1960. The number of ether oxygens (including phenoxy) is 1. The van der Waals surface area contributed by atoms with Crippen molar-refractivity contribution < 1.29 is 9.53 Å². The third-order valence-corrected chi connectivity index (χ3v) is 9.21. The Morgan fingerprint density at radius 3 is 2.15 bits per heavy atom. The van der Waals surface area contributed by atoms with Crippen LogP contribution in [-0.2, 0) is 11.3 Å². The molecule has 5 aromatic carbocycles. The van der Waals surface area contributed by atoms with Crippen molar-refractivity contribution in [3.8, 4) is 11.5 Å². The van der Waals surface area contributed by atoms with E-state index in [0.717, 1.165) is 61.9 Å². The summed E-state index contributed by atoms with van der Waals surface area (Å²) in [6.07, 6.45) is 7.05. The van der Waals surface area contributed by atoms with E-state index < -0.39 is 0 Å². The lowest BCUT2D eigenvalue weighted by atomic mass is 9.87. The number of hydrogen-bond acceptors (Lipinski definition) is 3. The minimum Gasteiger partial charge on any atom is -0.457 e. The Hall–Kier alpha value is -5.39. The second-order valence-electron chi connectivity index (χ2n) is 12.5. The molecule has 1 atom stereocenters. The second-order valence-corrected chi connectivity index (χ2v) is 12.5. The number of carbonyl (C=O) groups is 1. The van der Waals surface area contributed by atoms with Gasteiger partial charge in [0.1, 0.15) is 11.5 Å². The number of rotatable bonds is 11. The molecule has 1 aliphatic heterocycles. The molecule has 48 heavy (non-hydrogen) atoms. The summed E-state index contributed by atoms with van der Waals surface area (Å²) in [5.74, 6) is 1.61. The SMILES string of the molecule is O=C(C[C@@H](c1cccc(Oc2ccccc2)c1)c1cn(Cc2ccccc2)c2ccccc12)N1CCN(C/C=C/c2ccccc2)CC1. The monoisotopic (exact) mass is 631 g/mol. The van der Waals surface area contributed by atoms with Crippen LogP contribution in [-0.4, -0.2) is 53.0 Å². The smallest absolute Gasteiger partial charge is 0.223 e. The number of aromatic nitrogens is 1. The van der Waals surface area contributed by atoms with Crippen molar-refractivity contribution in [1.29, 1.82) is 0 Å². The number of hydrogen-bond donors (Lipinski definition) is 0. The van der Waals surface area contributed by atoms with Crippen LogP contribution >= 0.6 is 0 Å². The molecule has 6 aromatic rings. The van der Waals surface area contributed by atoms with Gasteiger partial charge in [-0.3, -0.25) is 9.69 Å². The highest BCUT2D eigenvalue weighted by atomic mass is 16.5. The molecule has 0 spiro atoms. The zero-order chi connectivity index (χ0) is 32.5. The van der Waals surface area contributed by atoms with E-state index in [9.17, 15) is 4.79 Å². The molecule has 1 fully saturated rings. The summed E-state index contributed by atoms with van der Waals surface area (Å²) >= 11 is 0. The van der Waals surface area contributed by atoms with Gasteiger partial charge < -0.3 is 14.2 Å². The van der Waals surface area contributed by atoms with Gasteiger partial charge in [-0.15, -0.1) is 0 Å². The summed E-state index contributed by atoms with van der Waals surface area (Å²) < 4.78 is 8.58. The topological polar surface area (TPSA) is 37.7 Å². The molecule has 240 valence electrons. The van der Waals surface area contributed by atoms with Gasteiger partial charge in [-0.25, -0.2) is 0 Å². The van der Waals surface area contributed by atoms with Gasteiger partial charge in [0.25, 0.3) is 0 Å². The number of benzene rings is 5. The van der Waals surface area contributed by atoms with Gasteiger partial charge >= 0.3 is 0 Å². The Morgan fingerprint density at radius 1 is 0.708 bits per heavy atom. The van der Waals surface area contributed by atoms with Crippen molar-refractivity contribution in [2.24, 2.45) is 0 Å². The summed E-state index contributed by atoms with van der Waals surface area (Å²) in [5.41, 5.74) is 5.86. The Kier molecular flexibility index (Phi) is 9.76. The summed E-state index contributed by atoms with van der Waals surface area (Å²) in [4.78, 5) is 18.6. The van der Waals surface area contributed by atoms with E-state index in [1.807, 2.05) is 48.5 Å². The zero-order valence-electron chi connectivity index (χ0n) is 27.2. The minimum atomic E-state index is -0.134. The normalized spacial score (nSPS) is 14.4. The molecule has 5 nitrogen and oxygen atoms in total. The van der Waals surface area contributed by atoms with Crippen LogP contribution in [0, 0.1) is 0 Å². The van der Waals surface area contributed by atoms with Gasteiger partial charge in [0.05, 0.1) is 0 Å². The number of fused-ring (bicyclic) bond motifs is 1. The average Bonchev–Trinajstić information content (AvgIpc) is 3.50. The van der Waals surface area contributed by atoms with Crippen molar-refractivity contribution in [3.05, 3.63) is 174 Å². The number of piperazine rings is 1. The van der Waals surface area contributed by atoms with E-state index in [2.05, 4.69) is 124 Å². The standard InChI is InChI=1S/C43H41N3O2/c47-43(45-28-26-44(27-29-45)25-13-18-34-14-4-1-5-15-34)31-40(36-19-12-22-38(30-36)48-37-20-8-3-9-21-37)41-33-46(32-35-16-6-2-7-17-35)42-24-11-10-23-39(41)42/h1-24,30,33,40H,25-29,31-32H2/b18-13+/t40-/m0/s1. The third-order valence-electron chi connectivity index (χ3n) is 9.21. The molecule has 1 saturated heterocycles. The van der Waals surface area contributed by atoms with Gasteiger partial charge in [0.2, 0.25) is 5.91 Å². The van der Waals surface area contributed by atoms with E-state index in [4.69, 9.17) is 4.74 Å². The van der Waals surface area contributed by atoms with Crippen molar-refractivity contribution in [3.63, 3.8) is 0 Å². The molecule has 1 aliphatic rings. The lowest BCUT2D eigenvalue weighted by molar-refractivity contribution is -0.133.